The molecule has 0 spiro atoms. The summed E-state index contributed by atoms with van der Waals surface area (Å²) in [7, 11) is 0. The highest BCUT2D eigenvalue weighted by Gasteiger charge is 2.28. The Kier molecular flexibility index (Phi) is 3.58. The molecule has 0 amide bonds. The van der Waals surface area contributed by atoms with Crippen LogP contribution in [0.3, 0.4) is 0 Å². The Morgan fingerprint density at radius 2 is 1.69 bits per heavy atom. The molecule has 3 aromatic rings. The maximum Gasteiger partial charge on any atom is 0.165 e. The van der Waals surface area contributed by atoms with Gasteiger partial charge in [0.2, 0.25) is 0 Å². The van der Waals surface area contributed by atoms with Gasteiger partial charge in [-0.2, -0.15) is 0 Å². The van der Waals surface area contributed by atoms with Crippen molar-refractivity contribution in [1.82, 2.24) is 19.5 Å². The van der Waals surface area contributed by atoms with Crippen molar-refractivity contribution < 1.29 is 0 Å². The van der Waals surface area contributed by atoms with Gasteiger partial charge < -0.3 is 14.4 Å². The Morgan fingerprint density at radius 3 is 2.46 bits per heavy atom. The quantitative estimate of drug-likeness (QED) is 0.728. The Balaban J connectivity index is 1.39. The second kappa shape index (κ2) is 5.97. The van der Waals surface area contributed by atoms with Crippen molar-refractivity contribution in [3.63, 3.8) is 0 Å². The van der Waals surface area contributed by atoms with Crippen molar-refractivity contribution in [1.29, 1.82) is 0 Å². The van der Waals surface area contributed by atoms with Crippen molar-refractivity contribution in [2.45, 2.75) is 32.7 Å². The van der Waals surface area contributed by atoms with Crippen molar-refractivity contribution in [2.75, 3.05) is 36.0 Å². The SMILES string of the molecule is Cc1ccc(C)c(N2CCN(c3ncnc4c3ncn4C3CC3)CC2)c1. The molecule has 2 aliphatic rings. The number of nitrogens with zero attached hydrogens (tertiary/aromatic N) is 6. The first-order chi connectivity index (χ1) is 12.7. The molecule has 5 rings (SSSR count). The number of hydrogen-bond donors (Lipinski definition) is 0. The fourth-order valence-corrected chi connectivity index (χ4v) is 3.91. The van der Waals surface area contributed by atoms with E-state index in [-0.39, 0.29) is 0 Å². The van der Waals surface area contributed by atoms with E-state index in [9.17, 15) is 0 Å². The molecule has 134 valence electrons. The average Bonchev–Trinajstić information content (AvgIpc) is 3.42. The van der Waals surface area contributed by atoms with Crippen LogP contribution >= 0.6 is 0 Å². The summed E-state index contributed by atoms with van der Waals surface area (Å²) in [5.74, 6) is 0.981. The lowest BCUT2D eigenvalue weighted by atomic mass is 10.1. The van der Waals surface area contributed by atoms with Crippen LogP contribution in [-0.4, -0.2) is 45.7 Å². The summed E-state index contributed by atoms with van der Waals surface area (Å²) in [5.41, 5.74) is 5.94. The summed E-state index contributed by atoms with van der Waals surface area (Å²) >= 11 is 0. The third-order valence-corrected chi connectivity index (χ3v) is 5.56. The van der Waals surface area contributed by atoms with Crippen LogP contribution in [0.15, 0.2) is 30.9 Å². The van der Waals surface area contributed by atoms with E-state index in [1.54, 1.807) is 6.33 Å². The molecule has 0 unspecified atom stereocenters. The summed E-state index contributed by atoms with van der Waals surface area (Å²) in [6.07, 6.45) is 6.10. The van der Waals surface area contributed by atoms with E-state index in [1.165, 1.54) is 29.7 Å². The molecule has 1 saturated heterocycles. The molecule has 26 heavy (non-hydrogen) atoms. The zero-order valence-corrected chi connectivity index (χ0v) is 15.4. The van der Waals surface area contributed by atoms with E-state index in [4.69, 9.17) is 0 Å². The van der Waals surface area contributed by atoms with Crippen molar-refractivity contribution in [3.8, 4) is 0 Å². The van der Waals surface area contributed by atoms with Crippen LogP contribution in [0.1, 0.15) is 30.0 Å². The lowest BCUT2D eigenvalue weighted by molar-refractivity contribution is 0.647. The summed E-state index contributed by atoms with van der Waals surface area (Å²) in [4.78, 5) is 18.6. The molecule has 1 aromatic carbocycles. The Labute approximate surface area is 153 Å². The van der Waals surface area contributed by atoms with Crippen LogP contribution in [-0.2, 0) is 0 Å². The molecular weight excluding hydrogens is 324 g/mol. The number of aromatic nitrogens is 4. The summed E-state index contributed by atoms with van der Waals surface area (Å²) < 4.78 is 2.22. The number of benzene rings is 1. The molecule has 1 aliphatic heterocycles. The van der Waals surface area contributed by atoms with Crippen molar-refractivity contribution >= 4 is 22.7 Å². The molecule has 2 fully saturated rings. The van der Waals surface area contributed by atoms with Crippen LogP contribution < -0.4 is 9.80 Å². The number of piperazine rings is 1. The number of aryl methyl sites for hydroxylation is 2. The molecule has 1 saturated carbocycles. The maximum absolute atomic E-state index is 4.64. The van der Waals surface area contributed by atoms with Gasteiger partial charge >= 0.3 is 0 Å². The molecule has 0 N–H and O–H groups in total. The Morgan fingerprint density at radius 1 is 0.923 bits per heavy atom. The van der Waals surface area contributed by atoms with Crippen LogP contribution in [0.2, 0.25) is 0 Å². The van der Waals surface area contributed by atoms with Crippen molar-refractivity contribution in [3.05, 3.63) is 42.0 Å². The molecular formula is C20H24N6. The summed E-state index contributed by atoms with van der Waals surface area (Å²) in [6.45, 7) is 8.26. The van der Waals surface area contributed by atoms with E-state index >= 15 is 0 Å². The summed E-state index contributed by atoms with van der Waals surface area (Å²) in [6, 6.07) is 7.28. The van der Waals surface area contributed by atoms with Crippen LogP contribution in [0, 0.1) is 13.8 Å². The Hall–Kier alpha value is -2.63. The minimum absolute atomic E-state index is 0.587. The van der Waals surface area contributed by atoms with Gasteiger partial charge in [-0.05, 0) is 43.9 Å². The molecule has 6 heteroatoms. The molecule has 3 heterocycles. The zero-order valence-electron chi connectivity index (χ0n) is 15.4. The zero-order chi connectivity index (χ0) is 17.7. The van der Waals surface area contributed by atoms with Crippen LogP contribution in [0.5, 0.6) is 0 Å². The number of imidazole rings is 1. The van der Waals surface area contributed by atoms with Gasteiger partial charge in [-0.25, -0.2) is 15.0 Å². The van der Waals surface area contributed by atoms with E-state index in [0.717, 1.165) is 43.2 Å². The average molecular weight is 348 g/mol. The number of fused-ring (bicyclic) bond motifs is 1. The minimum Gasteiger partial charge on any atom is -0.368 e. The second-order valence-corrected chi connectivity index (χ2v) is 7.52. The molecule has 1 aliphatic carbocycles. The van der Waals surface area contributed by atoms with E-state index in [1.807, 2.05) is 6.33 Å². The lowest BCUT2D eigenvalue weighted by Crippen LogP contribution is -2.47. The van der Waals surface area contributed by atoms with Gasteiger partial charge in [0, 0.05) is 37.9 Å². The second-order valence-electron chi connectivity index (χ2n) is 7.52. The van der Waals surface area contributed by atoms with Gasteiger partial charge in [-0.1, -0.05) is 12.1 Å². The van der Waals surface area contributed by atoms with Crippen LogP contribution in [0.4, 0.5) is 11.5 Å². The molecule has 6 nitrogen and oxygen atoms in total. The predicted octanol–water partition coefficient (Wildman–Crippen LogP) is 3.10. The lowest BCUT2D eigenvalue weighted by Gasteiger charge is -2.37. The van der Waals surface area contributed by atoms with Gasteiger partial charge in [0.15, 0.2) is 17.0 Å². The molecule has 0 radical (unpaired) electrons. The molecule has 0 atom stereocenters. The summed E-state index contributed by atoms with van der Waals surface area (Å²) in [5, 5.41) is 0. The highest BCUT2D eigenvalue weighted by molar-refractivity contribution is 5.83. The first-order valence-electron chi connectivity index (χ1n) is 9.45. The molecule has 2 aromatic heterocycles. The first-order valence-corrected chi connectivity index (χ1v) is 9.45. The van der Waals surface area contributed by atoms with Gasteiger partial charge in [0.1, 0.15) is 6.33 Å². The standard InChI is InChI=1S/C20H24N6/c1-14-3-4-15(2)17(11-14)24-7-9-25(10-8-24)19-18-20(22-12-21-19)26(13-23-18)16-5-6-16/h3-4,11-13,16H,5-10H2,1-2H3. The fraction of sp³-hybridized carbons (Fsp3) is 0.450. The number of anilines is 2. The topological polar surface area (TPSA) is 50.1 Å². The third kappa shape index (κ3) is 2.60. The highest BCUT2D eigenvalue weighted by Crippen LogP contribution is 2.37. The maximum atomic E-state index is 4.64. The Bertz CT molecular complexity index is 950. The smallest absolute Gasteiger partial charge is 0.165 e. The van der Waals surface area contributed by atoms with Gasteiger partial charge in [-0.3, -0.25) is 0 Å². The van der Waals surface area contributed by atoms with E-state index in [0.29, 0.717) is 6.04 Å². The fourth-order valence-electron chi connectivity index (χ4n) is 3.91. The minimum atomic E-state index is 0.587. The number of hydrogen-bond acceptors (Lipinski definition) is 5. The largest absolute Gasteiger partial charge is 0.368 e. The monoisotopic (exact) mass is 348 g/mol. The van der Waals surface area contributed by atoms with Gasteiger partial charge in [0.25, 0.3) is 0 Å². The van der Waals surface area contributed by atoms with E-state index < -0.39 is 0 Å². The van der Waals surface area contributed by atoms with Gasteiger partial charge in [-0.15, -0.1) is 0 Å². The number of rotatable bonds is 3. The normalized spacial score (nSPS) is 17.9. The van der Waals surface area contributed by atoms with Gasteiger partial charge in [0.05, 0.1) is 6.33 Å². The molecule has 0 bridgehead atoms. The predicted molar refractivity (Wildman–Crippen MR) is 104 cm³/mol. The third-order valence-electron chi connectivity index (χ3n) is 5.56. The van der Waals surface area contributed by atoms with Crippen molar-refractivity contribution in [2.24, 2.45) is 0 Å². The first kappa shape index (κ1) is 15.6. The van der Waals surface area contributed by atoms with Crippen LogP contribution in [0.25, 0.3) is 11.2 Å². The van der Waals surface area contributed by atoms with E-state index in [2.05, 4.69) is 61.4 Å². The highest BCUT2D eigenvalue weighted by atomic mass is 15.3.